The molecule has 0 aromatic carbocycles. The summed E-state index contributed by atoms with van der Waals surface area (Å²) in [4.78, 5) is 11.0. The van der Waals surface area contributed by atoms with Crippen LogP contribution < -0.4 is 0 Å². The summed E-state index contributed by atoms with van der Waals surface area (Å²) in [7, 11) is 1.41. The zero-order valence-electron chi connectivity index (χ0n) is 8.41. The Bertz CT molecular complexity index is 162. The molecule has 0 saturated heterocycles. The Balaban J connectivity index is 2.13. The van der Waals surface area contributed by atoms with Gasteiger partial charge in [0.2, 0.25) is 0 Å². The summed E-state index contributed by atoms with van der Waals surface area (Å²) in [6.45, 7) is 2.33. The molecule has 0 radical (unpaired) electrons. The number of carbonyl (C=O) groups excluding carboxylic acids is 1. The third-order valence-electron chi connectivity index (χ3n) is 2.49. The molecule has 0 N–H and O–H groups in total. The van der Waals surface area contributed by atoms with E-state index in [9.17, 15) is 4.79 Å². The van der Waals surface area contributed by atoms with E-state index >= 15 is 0 Å². The van der Waals surface area contributed by atoms with Crippen molar-refractivity contribution in [1.29, 1.82) is 0 Å². The van der Waals surface area contributed by atoms with Crippen molar-refractivity contribution in [2.75, 3.05) is 13.7 Å². The molecule has 0 amide bonds. The van der Waals surface area contributed by atoms with Crippen molar-refractivity contribution in [3.05, 3.63) is 0 Å². The average molecular weight is 186 g/mol. The van der Waals surface area contributed by atoms with Gasteiger partial charge in [-0.1, -0.05) is 12.8 Å². The number of esters is 1. The summed E-state index contributed by atoms with van der Waals surface area (Å²) in [5.74, 6) is -0.316. The predicted molar refractivity (Wildman–Crippen MR) is 49.4 cm³/mol. The zero-order chi connectivity index (χ0) is 9.68. The second-order valence-electron chi connectivity index (χ2n) is 3.66. The standard InChI is InChI=1S/C10H18O3/c1-8(10(11)12-2)7-13-9-5-3-4-6-9/h8-9H,3-7H2,1-2H3. The first-order chi connectivity index (χ1) is 6.24. The maximum atomic E-state index is 11.0. The van der Waals surface area contributed by atoms with E-state index in [-0.39, 0.29) is 11.9 Å². The van der Waals surface area contributed by atoms with Crippen LogP contribution >= 0.6 is 0 Å². The summed E-state index contributed by atoms with van der Waals surface area (Å²) in [5.41, 5.74) is 0. The van der Waals surface area contributed by atoms with Gasteiger partial charge in [-0.25, -0.2) is 0 Å². The Labute approximate surface area is 79.4 Å². The number of hydrogen-bond acceptors (Lipinski definition) is 3. The van der Waals surface area contributed by atoms with Gasteiger partial charge in [-0.05, 0) is 19.8 Å². The first-order valence-electron chi connectivity index (χ1n) is 4.93. The topological polar surface area (TPSA) is 35.5 Å². The van der Waals surface area contributed by atoms with Crippen LogP contribution in [-0.4, -0.2) is 25.8 Å². The van der Waals surface area contributed by atoms with Crippen molar-refractivity contribution in [1.82, 2.24) is 0 Å². The first kappa shape index (κ1) is 10.5. The molecule has 1 rings (SSSR count). The number of methoxy groups -OCH3 is 1. The largest absolute Gasteiger partial charge is 0.469 e. The minimum Gasteiger partial charge on any atom is -0.469 e. The van der Waals surface area contributed by atoms with Crippen molar-refractivity contribution >= 4 is 5.97 Å². The van der Waals surface area contributed by atoms with E-state index in [0.717, 1.165) is 12.8 Å². The van der Waals surface area contributed by atoms with Crippen LogP contribution in [0.1, 0.15) is 32.6 Å². The van der Waals surface area contributed by atoms with E-state index in [0.29, 0.717) is 12.7 Å². The molecule has 1 aliphatic carbocycles. The minimum absolute atomic E-state index is 0.134. The molecule has 0 spiro atoms. The highest BCUT2D eigenvalue weighted by atomic mass is 16.5. The zero-order valence-corrected chi connectivity index (χ0v) is 8.41. The number of hydrogen-bond donors (Lipinski definition) is 0. The number of ether oxygens (including phenoxy) is 2. The molecule has 0 aromatic rings. The molecule has 1 atom stereocenters. The number of carbonyl (C=O) groups is 1. The van der Waals surface area contributed by atoms with Gasteiger partial charge in [-0.3, -0.25) is 4.79 Å². The van der Waals surface area contributed by atoms with Crippen LogP contribution in [0.5, 0.6) is 0 Å². The summed E-state index contributed by atoms with van der Waals surface area (Å²) >= 11 is 0. The van der Waals surface area contributed by atoms with Crippen LogP contribution in [-0.2, 0) is 14.3 Å². The monoisotopic (exact) mass is 186 g/mol. The Morgan fingerprint density at radius 3 is 2.62 bits per heavy atom. The normalized spacial score (nSPS) is 20.2. The highest BCUT2D eigenvalue weighted by molar-refractivity contribution is 5.71. The van der Waals surface area contributed by atoms with Gasteiger partial charge in [-0.15, -0.1) is 0 Å². The second-order valence-corrected chi connectivity index (χ2v) is 3.66. The Kier molecular flexibility index (Phi) is 4.22. The molecule has 3 heteroatoms. The van der Waals surface area contributed by atoms with Gasteiger partial charge in [-0.2, -0.15) is 0 Å². The molecule has 0 heterocycles. The molecule has 0 aliphatic heterocycles. The summed E-state index contributed by atoms with van der Waals surface area (Å²) in [6, 6.07) is 0. The van der Waals surface area contributed by atoms with Gasteiger partial charge in [0.05, 0.1) is 25.7 Å². The highest BCUT2D eigenvalue weighted by Crippen LogP contribution is 2.21. The van der Waals surface area contributed by atoms with E-state index in [4.69, 9.17) is 4.74 Å². The molecule has 76 valence electrons. The lowest BCUT2D eigenvalue weighted by molar-refractivity contribution is -0.147. The fourth-order valence-electron chi connectivity index (χ4n) is 1.60. The van der Waals surface area contributed by atoms with Gasteiger partial charge in [0.1, 0.15) is 0 Å². The Morgan fingerprint density at radius 1 is 1.46 bits per heavy atom. The average Bonchev–Trinajstić information content (AvgIpc) is 2.65. The first-order valence-corrected chi connectivity index (χ1v) is 4.93. The van der Waals surface area contributed by atoms with Crippen molar-refractivity contribution in [2.24, 2.45) is 5.92 Å². The smallest absolute Gasteiger partial charge is 0.310 e. The molecular weight excluding hydrogens is 168 g/mol. The van der Waals surface area contributed by atoms with Crippen LogP contribution in [0.2, 0.25) is 0 Å². The maximum Gasteiger partial charge on any atom is 0.310 e. The van der Waals surface area contributed by atoms with E-state index in [2.05, 4.69) is 4.74 Å². The minimum atomic E-state index is -0.182. The third-order valence-corrected chi connectivity index (χ3v) is 2.49. The van der Waals surface area contributed by atoms with Gasteiger partial charge in [0.25, 0.3) is 0 Å². The van der Waals surface area contributed by atoms with Crippen LogP contribution in [0.3, 0.4) is 0 Å². The van der Waals surface area contributed by atoms with Crippen molar-refractivity contribution in [2.45, 2.75) is 38.7 Å². The quantitative estimate of drug-likeness (QED) is 0.627. The number of rotatable bonds is 4. The molecular formula is C10H18O3. The van der Waals surface area contributed by atoms with E-state index < -0.39 is 0 Å². The van der Waals surface area contributed by atoms with Gasteiger partial charge >= 0.3 is 5.97 Å². The van der Waals surface area contributed by atoms with E-state index in [1.54, 1.807) is 0 Å². The lowest BCUT2D eigenvalue weighted by Gasteiger charge is -2.14. The lowest BCUT2D eigenvalue weighted by atomic mass is 10.2. The van der Waals surface area contributed by atoms with Gasteiger partial charge < -0.3 is 9.47 Å². The summed E-state index contributed by atoms with van der Waals surface area (Å²) in [6.07, 6.45) is 5.20. The van der Waals surface area contributed by atoms with Crippen LogP contribution in [0.4, 0.5) is 0 Å². The maximum absolute atomic E-state index is 11.0. The van der Waals surface area contributed by atoms with Gasteiger partial charge in [0, 0.05) is 0 Å². The molecule has 3 nitrogen and oxygen atoms in total. The SMILES string of the molecule is COC(=O)C(C)COC1CCCC1. The van der Waals surface area contributed by atoms with Crippen molar-refractivity contribution in [3.63, 3.8) is 0 Å². The fraction of sp³-hybridized carbons (Fsp3) is 0.900. The lowest BCUT2D eigenvalue weighted by Crippen LogP contribution is -2.21. The highest BCUT2D eigenvalue weighted by Gasteiger charge is 2.19. The second kappa shape index (κ2) is 5.22. The molecule has 1 aliphatic rings. The molecule has 1 saturated carbocycles. The molecule has 1 unspecified atom stereocenters. The molecule has 1 fully saturated rings. The Morgan fingerprint density at radius 2 is 2.08 bits per heavy atom. The van der Waals surface area contributed by atoms with Crippen LogP contribution in [0.15, 0.2) is 0 Å². The van der Waals surface area contributed by atoms with Crippen LogP contribution in [0, 0.1) is 5.92 Å². The molecule has 0 bridgehead atoms. The van der Waals surface area contributed by atoms with Crippen LogP contribution in [0.25, 0.3) is 0 Å². The molecule has 0 aromatic heterocycles. The molecule has 13 heavy (non-hydrogen) atoms. The Hall–Kier alpha value is -0.570. The third kappa shape index (κ3) is 3.35. The van der Waals surface area contributed by atoms with E-state index in [1.807, 2.05) is 6.92 Å². The van der Waals surface area contributed by atoms with E-state index in [1.165, 1.54) is 20.0 Å². The summed E-state index contributed by atoms with van der Waals surface area (Å²) in [5, 5.41) is 0. The van der Waals surface area contributed by atoms with Crippen molar-refractivity contribution < 1.29 is 14.3 Å². The summed E-state index contributed by atoms with van der Waals surface area (Å²) < 4.78 is 10.2. The fourth-order valence-corrected chi connectivity index (χ4v) is 1.60. The van der Waals surface area contributed by atoms with Crippen molar-refractivity contribution in [3.8, 4) is 0 Å². The van der Waals surface area contributed by atoms with Gasteiger partial charge in [0.15, 0.2) is 0 Å². The predicted octanol–water partition coefficient (Wildman–Crippen LogP) is 1.75.